The minimum atomic E-state index is -1.54. The fourth-order valence-electron chi connectivity index (χ4n) is 3.82. The maximum atomic E-state index is 12.3. The van der Waals surface area contributed by atoms with E-state index in [-0.39, 0.29) is 42.1 Å². The lowest BCUT2D eigenvalue weighted by Gasteiger charge is -2.39. The van der Waals surface area contributed by atoms with Gasteiger partial charge in [0.2, 0.25) is 5.91 Å². The molecular weight excluding hydrogens is 379 g/mol. The van der Waals surface area contributed by atoms with Crippen molar-refractivity contribution >= 4 is 19.0 Å². The van der Waals surface area contributed by atoms with E-state index in [9.17, 15) is 19.8 Å². The highest BCUT2D eigenvalue weighted by Gasteiger charge is 2.35. The summed E-state index contributed by atoms with van der Waals surface area (Å²) in [4.78, 5) is 25.6. The van der Waals surface area contributed by atoms with Gasteiger partial charge in [-0.25, -0.2) is 4.79 Å². The number of carboxylic acid groups (broad SMARTS) is 1. The fourth-order valence-corrected chi connectivity index (χ4v) is 3.82. The number of benzene rings is 1. The summed E-state index contributed by atoms with van der Waals surface area (Å²) in [5.74, 6) is -1.12. The molecule has 2 aliphatic rings. The second-order valence-corrected chi connectivity index (χ2v) is 7.96. The number of nitrogens with zero attached hydrogens (tertiary/aromatic N) is 1. The van der Waals surface area contributed by atoms with Gasteiger partial charge in [0.15, 0.2) is 0 Å². The van der Waals surface area contributed by atoms with Crippen molar-refractivity contribution in [3.05, 3.63) is 23.3 Å². The van der Waals surface area contributed by atoms with Crippen molar-refractivity contribution in [3.63, 3.8) is 0 Å². The average molecular weight is 406 g/mol. The van der Waals surface area contributed by atoms with E-state index >= 15 is 0 Å². The molecule has 158 valence electrons. The number of amides is 1. The lowest BCUT2D eigenvalue weighted by molar-refractivity contribution is -0.140. The van der Waals surface area contributed by atoms with Gasteiger partial charge >= 0.3 is 13.1 Å². The summed E-state index contributed by atoms with van der Waals surface area (Å²) in [5, 5.41) is 41.0. The molecule has 0 unspecified atom stereocenters. The zero-order valence-electron chi connectivity index (χ0n) is 16.4. The Morgan fingerprint density at radius 2 is 2.03 bits per heavy atom. The quantitative estimate of drug-likeness (QED) is 0.383. The number of aromatic hydroxyl groups is 1. The van der Waals surface area contributed by atoms with E-state index in [1.165, 1.54) is 12.1 Å². The van der Waals surface area contributed by atoms with Gasteiger partial charge in [-0.2, -0.15) is 0 Å². The molecule has 29 heavy (non-hydrogen) atoms. The number of rotatable bonds is 8. The van der Waals surface area contributed by atoms with Gasteiger partial charge in [-0.05, 0) is 43.3 Å². The number of carboxylic acids is 1. The van der Waals surface area contributed by atoms with Crippen LogP contribution in [0.15, 0.2) is 12.1 Å². The lowest BCUT2D eigenvalue weighted by Crippen LogP contribution is -2.57. The van der Waals surface area contributed by atoms with Crippen molar-refractivity contribution < 1.29 is 34.6 Å². The first-order chi connectivity index (χ1) is 13.7. The van der Waals surface area contributed by atoms with Gasteiger partial charge in [-0.1, -0.05) is 13.0 Å². The second-order valence-electron chi connectivity index (χ2n) is 7.96. The Labute approximate surface area is 169 Å². The molecule has 1 aromatic carbocycles. The first-order valence-electron chi connectivity index (χ1n) is 9.86. The molecule has 1 aromatic rings. The molecule has 2 atom stereocenters. The smallest absolute Gasteiger partial charge is 0.451 e. The third kappa shape index (κ3) is 5.20. The summed E-state index contributed by atoms with van der Waals surface area (Å²) in [6, 6.07) is 3.17. The summed E-state index contributed by atoms with van der Waals surface area (Å²) >= 11 is 0. The Bertz CT molecular complexity index is 767. The van der Waals surface area contributed by atoms with Gasteiger partial charge in [-0.15, -0.1) is 0 Å². The number of carbonyl (C=O) groups is 2. The van der Waals surface area contributed by atoms with Crippen LogP contribution >= 0.6 is 0 Å². The summed E-state index contributed by atoms with van der Waals surface area (Å²) in [6.07, 6.45) is 1.19. The standard InChI is InChI=1S/C19H27BN2O7/c1-11-6-13(21-8-11)7-16(23)22-9-14(10-22)29-15-3-2-12(4-5-20(27)28)18(24)17(15)19(25)26/h2-3,11,13-14,21,24,27-28H,4-10H2,1H3,(H,25,26)/t11-,13-/m0/s1. The monoisotopic (exact) mass is 406 g/mol. The number of aromatic carboxylic acids is 1. The maximum Gasteiger partial charge on any atom is 0.451 e. The fraction of sp³-hybridized carbons (Fsp3) is 0.579. The highest BCUT2D eigenvalue weighted by atomic mass is 16.5. The van der Waals surface area contributed by atoms with E-state index in [1.54, 1.807) is 4.90 Å². The zero-order valence-corrected chi connectivity index (χ0v) is 16.4. The highest BCUT2D eigenvalue weighted by Crippen LogP contribution is 2.34. The van der Waals surface area contributed by atoms with Crippen molar-refractivity contribution in [2.45, 2.75) is 44.7 Å². The van der Waals surface area contributed by atoms with Gasteiger partial charge < -0.3 is 35.2 Å². The number of phenols is 1. The van der Waals surface area contributed by atoms with Crippen LogP contribution in [-0.4, -0.2) is 75.9 Å². The van der Waals surface area contributed by atoms with Crippen LogP contribution in [0.4, 0.5) is 0 Å². The number of hydrogen-bond acceptors (Lipinski definition) is 7. The molecule has 10 heteroatoms. The van der Waals surface area contributed by atoms with Crippen LogP contribution < -0.4 is 10.1 Å². The molecule has 2 saturated heterocycles. The second kappa shape index (κ2) is 9.02. The molecule has 0 aliphatic carbocycles. The van der Waals surface area contributed by atoms with Gasteiger partial charge in [0.05, 0.1) is 13.1 Å². The predicted molar refractivity (Wildman–Crippen MR) is 105 cm³/mol. The minimum Gasteiger partial charge on any atom is -0.507 e. The lowest BCUT2D eigenvalue weighted by atomic mass is 9.82. The van der Waals surface area contributed by atoms with E-state index in [0.29, 0.717) is 31.0 Å². The maximum absolute atomic E-state index is 12.3. The molecular formula is C19H27BN2O7. The summed E-state index contributed by atoms with van der Waals surface area (Å²) in [7, 11) is -1.54. The third-order valence-electron chi connectivity index (χ3n) is 5.47. The summed E-state index contributed by atoms with van der Waals surface area (Å²) < 4.78 is 5.72. The van der Waals surface area contributed by atoms with Crippen molar-refractivity contribution in [2.75, 3.05) is 19.6 Å². The van der Waals surface area contributed by atoms with Crippen LogP contribution in [0.2, 0.25) is 6.32 Å². The van der Waals surface area contributed by atoms with Crippen molar-refractivity contribution in [2.24, 2.45) is 5.92 Å². The predicted octanol–water partition coefficient (Wildman–Crippen LogP) is 0.0834. The first kappa shape index (κ1) is 21.4. The normalized spacial score (nSPS) is 21.7. The molecule has 1 amide bonds. The topological polar surface area (TPSA) is 140 Å². The van der Waals surface area contributed by atoms with Gasteiger partial charge in [0.1, 0.15) is 23.2 Å². The average Bonchev–Trinajstić information content (AvgIpc) is 3.00. The van der Waals surface area contributed by atoms with E-state index in [0.717, 1.165) is 13.0 Å². The number of aryl methyl sites for hydroxylation is 1. The van der Waals surface area contributed by atoms with Crippen molar-refractivity contribution in [1.82, 2.24) is 10.2 Å². The highest BCUT2D eigenvalue weighted by molar-refractivity contribution is 6.41. The molecule has 0 aromatic heterocycles. The van der Waals surface area contributed by atoms with E-state index < -0.39 is 18.8 Å². The third-order valence-corrected chi connectivity index (χ3v) is 5.47. The molecule has 0 saturated carbocycles. The molecule has 0 radical (unpaired) electrons. The minimum absolute atomic E-state index is 0.0266. The largest absolute Gasteiger partial charge is 0.507 e. The Morgan fingerprint density at radius 3 is 2.62 bits per heavy atom. The Kier molecular flexibility index (Phi) is 6.66. The van der Waals surface area contributed by atoms with Crippen LogP contribution in [0.3, 0.4) is 0 Å². The Balaban J connectivity index is 1.57. The van der Waals surface area contributed by atoms with Crippen LogP contribution in [0.1, 0.15) is 35.7 Å². The molecule has 3 rings (SSSR count). The van der Waals surface area contributed by atoms with E-state index in [4.69, 9.17) is 14.8 Å². The van der Waals surface area contributed by atoms with Crippen LogP contribution in [0.25, 0.3) is 0 Å². The molecule has 0 bridgehead atoms. The van der Waals surface area contributed by atoms with Crippen LogP contribution in [-0.2, 0) is 11.2 Å². The zero-order chi connectivity index (χ0) is 21.1. The van der Waals surface area contributed by atoms with Crippen LogP contribution in [0.5, 0.6) is 11.5 Å². The van der Waals surface area contributed by atoms with Gasteiger partial charge in [-0.3, -0.25) is 4.79 Å². The van der Waals surface area contributed by atoms with E-state index in [1.807, 2.05) is 0 Å². The Morgan fingerprint density at radius 1 is 1.31 bits per heavy atom. The number of carbonyl (C=O) groups excluding carboxylic acids is 1. The molecule has 9 nitrogen and oxygen atoms in total. The van der Waals surface area contributed by atoms with Crippen LogP contribution in [0, 0.1) is 5.92 Å². The Hall–Kier alpha value is -2.30. The SMILES string of the molecule is C[C@@H]1CN[C@H](CC(=O)N2CC(Oc3ccc(CCB(O)O)c(O)c3C(=O)O)C2)C1. The van der Waals surface area contributed by atoms with Crippen molar-refractivity contribution in [1.29, 1.82) is 0 Å². The van der Waals surface area contributed by atoms with Gasteiger partial charge in [0, 0.05) is 12.5 Å². The number of hydrogen-bond donors (Lipinski definition) is 5. The molecule has 0 spiro atoms. The number of nitrogens with one attached hydrogen (secondary N) is 1. The summed E-state index contributed by atoms with van der Waals surface area (Å²) in [5.41, 5.74) is -0.0598. The summed E-state index contributed by atoms with van der Waals surface area (Å²) in [6.45, 7) is 3.83. The molecule has 2 fully saturated rings. The first-order valence-corrected chi connectivity index (χ1v) is 9.86. The molecule has 5 N–H and O–H groups in total. The number of ether oxygens (including phenoxy) is 1. The molecule has 2 heterocycles. The van der Waals surface area contributed by atoms with E-state index in [2.05, 4.69) is 12.2 Å². The van der Waals surface area contributed by atoms with Gasteiger partial charge in [0.25, 0.3) is 0 Å². The van der Waals surface area contributed by atoms with Crippen molar-refractivity contribution in [3.8, 4) is 11.5 Å². The number of likely N-dealkylation sites (tertiary alicyclic amines) is 1. The molecule has 2 aliphatic heterocycles.